The van der Waals surface area contributed by atoms with Gasteiger partial charge in [0.25, 0.3) is 0 Å². The number of carbonyl (C=O) groups is 3. The van der Waals surface area contributed by atoms with Crippen molar-refractivity contribution in [3.05, 3.63) is 11.6 Å². The van der Waals surface area contributed by atoms with Crippen LogP contribution < -0.4 is 0 Å². The van der Waals surface area contributed by atoms with E-state index in [1.807, 2.05) is 42.3 Å². The van der Waals surface area contributed by atoms with Gasteiger partial charge in [0.05, 0.1) is 47.9 Å². The lowest BCUT2D eigenvalue weighted by molar-refractivity contribution is -0.862. The molecule has 4 aliphatic carbocycles. The van der Waals surface area contributed by atoms with Crippen molar-refractivity contribution in [2.45, 2.75) is 76.9 Å². The van der Waals surface area contributed by atoms with Gasteiger partial charge in [-0.05, 0) is 80.1 Å². The zero-order valence-corrected chi connectivity index (χ0v) is 26.7. The molecule has 5 rings (SSSR count). The van der Waals surface area contributed by atoms with Crippen LogP contribution >= 0.6 is 0 Å². The Balaban J connectivity index is 1.40. The number of fused-ring (bicyclic) bond motifs is 5. The number of carbonyl (C=O) groups excluding carboxylic acids is 3. The second-order valence-electron chi connectivity index (χ2n) is 16.7. The summed E-state index contributed by atoms with van der Waals surface area (Å²) in [5, 5.41) is 12.9. The number of hydrogen-bond donors (Lipinski definition) is 1. The molecule has 8 heteroatoms. The highest BCUT2D eigenvalue weighted by Crippen LogP contribution is 2.71. The Morgan fingerprint density at radius 2 is 1.66 bits per heavy atom. The van der Waals surface area contributed by atoms with Gasteiger partial charge in [0.1, 0.15) is 19.3 Å². The fourth-order valence-corrected chi connectivity index (χ4v) is 10.1. The van der Waals surface area contributed by atoms with Crippen LogP contribution in [0.2, 0.25) is 0 Å². The highest BCUT2D eigenvalue weighted by Gasteiger charge is 2.71. The van der Waals surface area contributed by atoms with Crippen molar-refractivity contribution in [2.75, 3.05) is 62.0 Å². The van der Waals surface area contributed by atoms with E-state index in [-0.39, 0.29) is 53.6 Å². The minimum absolute atomic E-state index is 0.0270. The Kier molecular flexibility index (Phi) is 7.60. The van der Waals surface area contributed by atoms with Gasteiger partial charge in [0, 0.05) is 23.3 Å². The summed E-state index contributed by atoms with van der Waals surface area (Å²) in [5.41, 5.74) is -0.488. The molecule has 230 valence electrons. The number of hydrogen-bond acceptors (Lipinski definition) is 6. The Labute approximate surface area is 246 Å². The first-order valence-corrected chi connectivity index (χ1v) is 15.8. The number of likely N-dealkylation sites (N-methyl/N-ethyl adjacent to an activating group) is 2. The van der Waals surface area contributed by atoms with Crippen LogP contribution in [0.25, 0.3) is 0 Å². The average Bonchev–Trinajstić information content (AvgIpc) is 3.34. The van der Waals surface area contributed by atoms with E-state index in [1.54, 1.807) is 6.08 Å². The standard InChI is InChI=1S/C33H54N2O6/c1-31-13-11-23(41-29(38)19-35(6,7)8)16-22(31)9-10-26-25(31)12-14-32(2)30(21-15-28(37)40-20-21)24(17-33(26,32)39)27(36)18-34(3,4)5/h15,22-26,30,39H,9-14,16-20H2,1-8H3/q+2/t22-,23+,24-,25+,26-,30+,31+,32-,33-/m1/s1. The summed E-state index contributed by atoms with van der Waals surface area (Å²) in [7, 11) is 12.1. The van der Waals surface area contributed by atoms with Crippen LogP contribution in [0.15, 0.2) is 11.6 Å². The number of nitrogens with zero attached hydrogens (tertiary/aromatic N) is 2. The Bertz CT molecular complexity index is 1120. The summed E-state index contributed by atoms with van der Waals surface area (Å²) in [6.45, 7) is 5.61. The maximum absolute atomic E-state index is 13.9. The quantitative estimate of drug-likeness (QED) is 0.371. The maximum Gasteiger partial charge on any atom is 0.362 e. The van der Waals surface area contributed by atoms with Gasteiger partial charge in [-0.3, -0.25) is 4.79 Å². The van der Waals surface area contributed by atoms with Gasteiger partial charge in [-0.1, -0.05) is 13.8 Å². The number of rotatable bonds is 7. The first kappa shape index (κ1) is 30.7. The molecule has 1 aliphatic heterocycles. The van der Waals surface area contributed by atoms with Crippen molar-refractivity contribution in [1.29, 1.82) is 0 Å². The molecule has 0 saturated heterocycles. The third-order valence-corrected chi connectivity index (χ3v) is 11.9. The number of Topliss-reactive ketones (excluding diaryl/α,β-unsaturated/α-hetero) is 1. The number of esters is 2. The summed E-state index contributed by atoms with van der Waals surface area (Å²) in [6, 6.07) is 0. The van der Waals surface area contributed by atoms with Gasteiger partial charge in [0.15, 0.2) is 12.3 Å². The molecule has 0 radical (unpaired) electrons. The molecule has 4 saturated carbocycles. The smallest absolute Gasteiger partial charge is 0.362 e. The molecule has 0 aromatic heterocycles. The molecule has 0 aromatic carbocycles. The molecule has 0 spiro atoms. The van der Waals surface area contributed by atoms with Crippen molar-refractivity contribution in [2.24, 2.45) is 40.4 Å². The molecule has 0 aromatic rings. The highest BCUT2D eigenvalue weighted by atomic mass is 16.5. The summed E-state index contributed by atoms with van der Waals surface area (Å²) in [4.78, 5) is 38.6. The van der Waals surface area contributed by atoms with Crippen molar-refractivity contribution < 1.29 is 37.9 Å². The average molecular weight is 575 g/mol. The third-order valence-electron chi connectivity index (χ3n) is 11.9. The molecule has 5 aliphatic rings. The Morgan fingerprint density at radius 1 is 0.976 bits per heavy atom. The maximum atomic E-state index is 13.9. The van der Waals surface area contributed by atoms with Crippen LogP contribution in [0.5, 0.6) is 0 Å². The molecule has 0 unspecified atom stereocenters. The monoisotopic (exact) mass is 574 g/mol. The molecule has 41 heavy (non-hydrogen) atoms. The van der Waals surface area contributed by atoms with Crippen LogP contribution in [0.3, 0.4) is 0 Å². The first-order chi connectivity index (χ1) is 18.9. The first-order valence-electron chi connectivity index (χ1n) is 15.8. The molecular weight excluding hydrogens is 520 g/mol. The lowest BCUT2D eigenvalue weighted by Gasteiger charge is -2.63. The second kappa shape index (κ2) is 10.2. The highest BCUT2D eigenvalue weighted by molar-refractivity contribution is 5.87. The van der Waals surface area contributed by atoms with Crippen molar-refractivity contribution in [3.8, 4) is 0 Å². The van der Waals surface area contributed by atoms with Crippen LogP contribution in [-0.2, 0) is 23.9 Å². The Morgan fingerprint density at radius 3 is 2.27 bits per heavy atom. The zero-order valence-electron chi connectivity index (χ0n) is 26.7. The molecule has 8 nitrogen and oxygen atoms in total. The summed E-state index contributed by atoms with van der Waals surface area (Å²) in [6.07, 6.45) is 8.57. The SMILES string of the molecule is C[C@]12CC[C@H](OC(=O)C[N+](C)(C)C)C[C@H]1CC[C@@H]1[C@@H]2CC[C@]2(C)[C@@H](C3=CC(=O)OC3)[C@@H](C(=O)C[N+](C)(C)C)C[C@@]12O. The second-order valence-corrected chi connectivity index (χ2v) is 16.7. The normalized spacial score (nSPS) is 42.5. The Hall–Kier alpha value is -1.77. The van der Waals surface area contributed by atoms with Crippen molar-refractivity contribution in [3.63, 3.8) is 0 Å². The number of cyclic esters (lactones) is 1. The summed E-state index contributed by atoms with van der Waals surface area (Å²) in [5.74, 6) is 0.173. The predicted octanol–water partition coefficient (Wildman–Crippen LogP) is 3.36. The minimum atomic E-state index is -0.972. The van der Waals surface area contributed by atoms with E-state index in [2.05, 4.69) is 13.8 Å². The van der Waals surface area contributed by atoms with E-state index in [0.717, 1.165) is 50.5 Å². The minimum Gasteiger partial charge on any atom is -0.458 e. The number of ether oxygens (including phenoxy) is 2. The molecule has 0 bridgehead atoms. The van der Waals surface area contributed by atoms with Crippen LogP contribution in [-0.4, -0.2) is 105 Å². The lowest BCUT2D eigenvalue weighted by Crippen LogP contribution is -2.62. The van der Waals surface area contributed by atoms with Gasteiger partial charge in [0.2, 0.25) is 0 Å². The van der Waals surface area contributed by atoms with Crippen LogP contribution in [0.1, 0.15) is 65.2 Å². The topological polar surface area (TPSA) is 89.9 Å². The third kappa shape index (κ3) is 5.42. The van der Waals surface area contributed by atoms with Crippen molar-refractivity contribution >= 4 is 17.7 Å². The van der Waals surface area contributed by atoms with Gasteiger partial charge < -0.3 is 23.5 Å². The van der Waals surface area contributed by atoms with Gasteiger partial charge in [-0.25, -0.2) is 9.59 Å². The molecular formula is C33H54N2O6+2. The molecule has 1 heterocycles. The number of ketones is 1. The van der Waals surface area contributed by atoms with E-state index < -0.39 is 11.0 Å². The predicted molar refractivity (Wildman–Crippen MR) is 155 cm³/mol. The van der Waals surface area contributed by atoms with Crippen LogP contribution in [0, 0.1) is 40.4 Å². The summed E-state index contributed by atoms with van der Waals surface area (Å²) >= 11 is 0. The fourth-order valence-electron chi connectivity index (χ4n) is 10.1. The van der Waals surface area contributed by atoms with Gasteiger partial charge in [-0.15, -0.1) is 0 Å². The van der Waals surface area contributed by atoms with E-state index >= 15 is 0 Å². The van der Waals surface area contributed by atoms with Gasteiger partial charge >= 0.3 is 11.9 Å². The molecule has 4 fully saturated rings. The largest absolute Gasteiger partial charge is 0.458 e. The zero-order chi connectivity index (χ0) is 30.2. The van der Waals surface area contributed by atoms with Crippen molar-refractivity contribution in [1.82, 2.24) is 0 Å². The van der Waals surface area contributed by atoms with E-state index in [9.17, 15) is 19.5 Å². The fraction of sp³-hybridized carbons (Fsp3) is 0.848. The van der Waals surface area contributed by atoms with E-state index in [4.69, 9.17) is 9.47 Å². The molecule has 9 atom stereocenters. The number of quaternary nitrogens is 2. The van der Waals surface area contributed by atoms with Gasteiger partial charge in [-0.2, -0.15) is 0 Å². The molecule has 1 N–H and O–H groups in total. The molecule has 0 amide bonds. The lowest BCUT2D eigenvalue weighted by atomic mass is 9.43. The summed E-state index contributed by atoms with van der Waals surface area (Å²) < 4.78 is 12.4. The van der Waals surface area contributed by atoms with E-state index in [0.29, 0.717) is 40.3 Å². The number of aliphatic hydroxyl groups is 1. The van der Waals surface area contributed by atoms with Crippen LogP contribution in [0.4, 0.5) is 0 Å². The van der Waals surface area contributed by atoms with E-state index in [1.165, 1.54) is 0 Å².